The van der Waals surface area contributed by atoms with Crippen LogP contribution >= 0.6 is 11.8 Å². The van der Waals surface area contributed by atoms with Crippen molar-refractivity contribution in [2.45, 2.75) is 37.9 Å². The Morgan fingerprint density at radius 3 is 1.86 bits per heavy atom. The number of nitro groups is 2. The van der Waals surface area contributed by atoms with Gasteiger partial charge in [-0.2, -0.15) is 4.99 Å². The summed E-state index contributed by atoms with van der Waals surface area (Å²) < 4.78 is 10.7. The Kier molecular flexibility index (Phi) is 11.9. The van der Waals surface area contributed by atoms with Crippen LogP contribution in [0, 0.1) is 20.2 Å². The summed E-state index contributed by atoms with van der Waals surface area (Å²) in [6.45, 7) is 2.77. The van der Waals surface area contributed by atoms with Gasteiger partial charge < -0.3 is 19.3 Å². The fraction of sp³-hybridized carbons (Fsp3) is 0.324. The summed E-state index contributed by atoms with van der Waals surface area (Å²) in [5.41, 5.74) is 1.43. The highest BCUT2D eigenvalue weighted by Crippen LogP contribution is 2.32. The number of non-ortho nitro benzene ring substituents is 2. The quantitative estimate of drug-likeness (QED) is 0.124. The van der Waals surface area contributed by atoms with Crippen molar-refractivity contribution in [3.63, 3.8) is 0 Å². The molecule has 2 aliphatic rings. The molecule has 266 valence electrons. The third-order valence-corrected chi connectivity index (χ3v) is 9.51. The summed E-state index contributed by atoms with van der Waals surface area (Å²) in [7, 11) is 0. The number of amidine groups is 1. The van der Waals surface area contributed by atoms with E-state index in [2.05, 4.69) is 4.99 Å². The molecule has 3 aromatic carbocycles. The standard InChI is InChI=1S/C34H34N6O10S/c1-23(35-33(43)49-21-24-7-11-27(12-8-24)39(45)46)36-15-17-37(18-16-36)31(41)30-19-29(51-32(42)26-5-3-2-4-6-26)20-38(30)34(44)50-22-25-9-13-28(14-10-25)40(47)48/h2-14,29-30H,15-22H2,1H3/t29-,30-/m0/s1. The molecule has 0 radical (unpaired) electrons. The Balaban J connectivity index is 1.18. The maximum absolute atomic E-state index is 13.9. The fourth-order valence-electron chi connectivity index (χ4n) is 5.61. The first-order valence-electron chi connectivity index (χ1n) is 15.9. The minimum atomic E-state index is -0.883. The average Bonchev–Trinajstić information content (AvgIpc) is 3.57. The van der Waals surface area contributed by atoms with Crippen molar-refractivity contribution in [2.24, 2.45) is 4.99 Å². The van der Waals surface area contributed by atoms with Gasteiger partial charge in [0.05, 0.1) is 9.85 Å². The second-order valence-corrected chi connectivity index (χ2v) is 13.0. The van der Waals surface area contributed by atoms with Crippen LogP contribution in [0.15, 0.2) is 83.9 Å². The lowest BCUT2D eigenvalue weighted by molar-refractivity contribution is -0.385. The number of hydrogen-bond donors (Lipinski definition) is 0. The average molecular weight is 719 g/mol. The van der Waals surface area contributed by atoms with E-state index in [-0.39, 0.29) is 66.9 Å². The van der Waals surface area contributed by atoms with Gasteiger partial charge >= 0.3 is 12.2 Å². The molecule has 0 aromatic heterocycles. The largest absolute Gasteiger partial charge is 0.445 e. The Hall–Kier alpha value is -5.84. The number of hydrogen-bond acceptors (Lipinski definition) is 11. The molecule has 17 heteroatoms. The molecule has 3 amide bonds. The zero-order valence-electron chi connectivity index (χ0n) is 27.5. The van der Waals surface area contributed by atoms with Gasteiger partial charge in [0.1, 0.15) is 25.1 Å². The van der Waals surface area contributed by atoms with Gasteiger partial charge in [-0.15, -0.1) is 0 Å². The first-order valence-corrected chi connectivity index (χ1v) is 16.8. The molecule has 0 saturated carbocycles. The predicted molar refractivity (Wildman–Crippen MR) is 185 cm³/mol. The molecule has 2 fully saturated rings. The number of thioether (sulfide) groups is 1. The van der Waals surface area contributed by atoms with Gasteiger partial charge in [0.2, 0.25) is 11.0 Å². The number of nitro benzene ring substituents is 2. The summed E-state index contributed by atoms with van der Waals surface area (Å²) in [5.74, 6) is 0.0956. The maximum atomic E-state index is 13.9. The predicted octanol–water partition coefficient (Wildman–Crippen LogP) is 5.06. The highest BCUT2D eigenvalue weighted by Gasteiger charge is 2.43. The van der Waals surface area contributed by atoms with Crippen LogP contribution in [0.3, 0.4) is 0 Å². The molecule has 0 N–H and O–H groups in total. The summed E-state index contributed by atoms with van der Waals surface area (Å²) in [6.07, 6.45) is -1.33. The molecule has 0 aliphatic carbocycles. The third kappa shape index (κ3) is 9.66. The SMILES string of the molecule is CC(=NC(=O)OCc1ccc([N+](=O)[O-])cc1)N1CCN(C(=O)[C@@H]2C[C@H](SC(=O)c3ccccc3)CN2C(=O)OCc2ccc([N+](=O)[O-])cc2)CC1. The number of nitrogens with zero attached hydrogens (tertiary/aromatic N) is 6. The summed E-state index contributed by atoms with van der Waals surface area (Å²) in [5, 5.41) is 21.3. The van der Waals surface area contributed by atoms with Crippen LogP contribution in [0.4, 0.5) is 21.0 Å². The number of likely N-dealkylation sites (tertiary alicyclic amines) is 1. The van der Waals surface area contributed by atoms with Gasteiger partial charge in [0.15, 0.2) is 0 Å². The van der Waals surface area contributed by atoms with Gasteiger partial charge in [-0.05, 0) is 48.7 Å². The van der Waals surface area contributed by atoms with Gasteiger partial charge in [0.25, 0.3) is 11.4 Å². The normalized spacial score (nSPS) is 17.5. The second-order valence-electron chi connectivity index (χ2n) is 11.7. The van der Waals surface area contributed by atoms with Gasteiger partial charge in [0, 0.05) is 67.8 Å². The molecule has 2 heterocycles. The summed E-state index contributed by atoms with van der Waals surface area (Å²) in [4.78, 5) is 82.1. The van der Waals surface area contributed by atoms with Crippen molar-refractivity contribution in [3.05, 3.63) is 116 Å². The number of amides is 3. The zero-order valence-corrected chi connectivity index (χ0v) is 28.3. The van der Waals surface area contributed by atoms with Gasteiger partial charge in [-0.3, -0.25) is 34.7 Å². The topological polar surface area (TPSA) is 195 Å². The molecule has 3 aromatic rings. The lowest BCUT2D eigenvalue weighted by Gasteiger charge is -2.37. The van der Waals surface area contributed by atoms with E-state index >= 15 is 0 Å². The Bertz CT molecular complexity index is 1800. The number of benzene rings is 3. The molecule has 5 rings (SSSR count). The van der Waals surface area contributed by atoms with E-state index < -0.39 is 28.1 Å². The molecule has 2 aliphatic heterocycles. The van der Waals surface area contributed by atoms with Crippen molar-refractivity contribution in [3.8, 4) is 0 Å². The van der Waals surface area contributed by atoms with Crippen LogP contribution in [0.2, 0.25) is 0 Å². The number of piperazine rings is 1. The number of carbonyl (C=O) groups excluding carboxylic acids is 4. The molecule has 0 spiro atoms. The monoisotopic (exact) mass is 718 g/mol. The number of ether oxygens (including phenoxy) is 2. The van der Waals surface area contributed by atoms with Crippen molar-refractivity contribution in [1.29, 1.82) is 0 Å². The molecule has 2 saturated heterocycles. The van der Waals surface area contributed by atoms with Crippen LogP contribution in [0.25, 0.3) is 0 Å². The highest BCUT2D eigenvalue weighted by molar-refractivity contribution is 8.14. The van der Waals surface area contributed by atoms with Crippen molar-refractivity contribution in [1.82, 2.24) is 14.7 Å². The smallest absolute Gasteiger partial charge is 0.435 e. The van der Waals surface area contributed by atoms with Crippen LogP contribution < -0.4 is 0 Å². The number of carbonyl (C=O) groups is 4. The van der Waals surface area contributed by atoms with Crippen LogP contribution in [-0.4, -0.2) is 97.6 Å². The molecule has 16 nitrogen and oxygen atoms in total. The van der Waals surface area contributed by atoms with Crippen LogP contribution in [0.5, 0.6) is 0 Å². The minimum absolute atomic E-state index is 0.0753. The van der Waals surface area contributed by atoms with Crippen molar-refractivity contribution < 1.29 is 38.5 Å². The fourth-order valence-corrected chi connectivity index (χ4v) is 6.70. The van der Waals surface area contributed by atoms with E-state index in [1.54, 1.807) is 42.2 Å². The second kappa shape index (κ2) is 16.7. The minimum Gasteiger partial charge on any atom is -0.445 e. The summed E-state index contributed by atoms with van der Waals surface area (Å²) >= 11 is 1.06. The molecule has 2 atom stereocenters. The van der Waals surface area contributed by atoms with E-state index in [0.717, 1.165) is 11.8 Å². The molecule has 51 heavy (non-hydrogen) atoms. The van der Waals surface area contributed by atoms with E-state index in [1.165, 1.54) is 53.4 Å². The molecule has 0 unspecified atom stereocenters. The Morgan fingerprint density at radius 1 is 0.784 bits per heavy atom. The molecule has 0 bridgehead atoms. The van der Waals surface area contributed by atoms with Crippen LogP contribution in [0.1, 0.15) is 34.8 Å². The van der Waals surface area contributed by atoms with Crippen molar-refractivity contribution >= 4 is 52.2 Å². The van der Waals surface area contributed by atoms with Crippen LogP contribution in [-0.2, 0) is 27.5 Å². The molecular weight excluding hydrogens is 684 g/mol. The Labute approximate surface area is 296 Å². The molecular formula is C34H34N6O10S. The number of aliphatic imine (C=N–C) groups is 1. The van der Waals surface area contributed by atoms with Gasteiger partial charge in [-0.1, -0.05) is 42.1 Å². The zero-order chi connectivity index (χ0) is 36.5. The maximum Gasteiger partial charge on any atom is 0.435 e. The Morgan fingerprint density at radius 2 is 1.31 bits per heavy atom. The van der Waals surface area contributed by atoms with Crippen molar-refractivity contribution in [2.75, 3.05) is 32.7 Å². The summed E-state index contributed by atoms with van der Waals surface area (Å²) in [6, 6.07) is 19.0. The third-order valence-electron chi connectivity index (χ3n) is 8.39. The first-order chi connectivity index (χ1) is 24.5. The highest BCUT2D eigenvalue weighted by atomic mass is 32.2. The van der Waals surface area contributed by atoms with Gasteiger partial charge in [-0.25, -0.2) is 9.59 Å². The lowest BCUT2D eigenvalue weighted by atomic mass is 10.1. The number of rotatable bonds is 9. The van der Waals surface area contributed by atoms with E-state index in [1.807, 2.05) is 4.90 Å². The van der Waals surface area contributed by atoms with E-state index in [0.29, 0.717) is 35.6 Å². The lowest BCUT2D eigenvalue weighted by Crippen LogP contribution is -2.55. The van der Waals surface area contributed by atoms with E-state index in [9.17, 15) is 39.4 Å². The first kappa shape index (κ1) is 36.4. The van der Waals surface area contributed by atoms with E-state index in [4.69, 9.17) is 9.47 Å².